The number of halogens is 3. The summed E-state index contributed by atoms with van der Waals surface area (Å²) in [6.07, 6.45) is 1.84. The maximum atomic E-state index is 15.0. The van der Waals surface area contributed by atoms with Crippen LogP contribution in [0.15, 0.2) is 83.0 Å². The Morgan fingerprint density at radius 1 is 1.05 bits per heavy atom. The third-order valence-corrected chi connectivity index (χ3v) is 6.68. The normalized spacial score (nSPS) is 16.1. The molecule has 0 radical (unpaired) electrons. The Labute approximate surface area is 217 Å². The molecule has 1 atom stereocenters. The van der Waals surface area contributed by atoms with E-state index in [1.807, 2.05) is 18.2 Å². The number of hydrogen-bond acceptors (Lipinski definition) is 4. The van der Waals surface area contributed by atoms with Crippen molar-refractivity contribution in [1.82, 2.24) is 9.55 Å². The first-order chi connectivity index (χ1) is 18.3. The number of alkyl halides is 2. The molecule has 8 heteroatoms. The number of aryl methyl sites for hydroxylation is 1. The highest BCUT2D eigenvalue weighted by Crippen LogP contribution is 2.47. The monoisotopic (exact) mass is 512 g/mol. The van der Waals surface area contributed by atoms with Crippen LogP contribution in [-0.2, 0) is 12.1 Å². The van der Waals surface area contributed by atoms with Crippen LogP contribution in [0, 0.1) is 17.7 Å². The summed E-state index contributed by atoms with van der Waals surface area (Å²) in [5, 5.41) is 0. The third kappa shape index (κ3) is 3.97. The lowest BCUT2D eigenvalue weighted by molar-refractivity contribution is 0.148. The predicted octanol–water partition coefficient (Wildman–Crippen LogP) is 5.39. The maximum Gasteiger partial charge on any atom is 0.269 e. The Hall–Kier alpha value is -4.64. The summed E-state index contributed by atoms with van der Waals surface area (Å²) in [6.45, 7) is 3.58. The molecule has 5 rings (SSSR count). The average Bonchev–Trinajstić information content (AvgIpc) is 3.23. The number of fused-ring (bicyclic) bond motifs is 1. The van der Waals surface area contributed by atoms with Crippen molar-refractivity contribution < 1.29 is 13.2 Å². The van der Waals surface area contributed by atoms with Gasteiger partial charge in [-0.05, 0) is 49.2 Å². The number of benzene rings is 2. The topological polar surface area (TPSA) is 73.3 Å². The van der Waals surface area contributed by atoms with E-state index in [9.17, 15) is 13.6 Å². The Bertz CT molecular complexity index is 1710. The lowest BCUT2D eigenvalue weighted by Crippen LogP contribution is -2.31. The molecular formula is C30H23F3N4O. The number of hydrogen-bond donors (Lipinski definition) is 1. The van der Waals surface area contributed by atoms with Crippen molar-refractivity contribution >= 4 is 5.84 Å². The fourth-order valence-corrected chi connectivity index (χ4v) is 4.97. The molecule has 1 unspecified atom stereocenters. The largest absolute Gasteiger partial charge is 0.383 e. The molecule has 2 aromatic heterocycles. The molecule has 0 amide bonds. The van der Waals surface area contributed by atoms with Gasteiger partial charge in [0, 0.05) is 47.4 Å². The molecule has 5 nitrogen and oxygen atoms in total. The van der Waals surface area contributed by atoms with Crippen molar-refractivity contribution in [2.45, 2.75) is 32.4 Å². The molecule has 4 aromatic rings. The van der Waals surface area contributed by atoms with Gasteiger partial charge in [-0.3, -0.25) is 9.78 Å². The molecule has 0 saturated heterocycles. The Morgan fingerprint density at radius 3 is 2.58 bits per heavy atom. The van der Waals surface area contributed by atoms with Gasteiger partial charge in [-0.15, -0.1) is 5.92 Å². The van der Waals surface area contributed by atoms with Gasteiger partial charge in [0.1, 0.15) is 17.2 Å². The van der Waals surface area contributed by atoms with E-state index in [-0.39, 0.29) is 23.5 Å². The summed E-state index contributed by atoms with van der Waals surface area (Å²) < 4.78 is 44.3. The summed E-state index contributed by atoms with van der Waals surface area (Å²) >= 11 is 0. The molecule has 0 spiro atoms. The number of pyridine rings is 2. The zero-order valence-corrected chi connectivity index (χ0v) is 20.7. The number of aliphatic imine (C=N–C) groups is 1. The van der Waals surface area contributed by atoms with Crippen molar-refractivity contribution in [3.8, 4) is 23.0 Å². The van der Waals surface area contributed by atoms with Crippen LogP contribution >= 0.6 is 0 Å². The molecule has 190 valence electrons. The van der Waals surface area contributed by atoms with Gasteiger partial charge < -0.3 is 10.3 Å². The molecule has 0 aliphatic carbocycles. The lowest BCUT2D eigenvalue weighted by atomic mass is 9.77. The van der Waals surface area contributed by atoms with E-state index < -0.39 is 28.9 Å². The second kappa shape index (κ2) is 9.67. The van der Waals surface area contributed by atoms with Crippen molar-refractivity contribution in [3.05, 3.63) is 123 Å². The average molecular weight is 513 g/mol. The van der Waals surface area contributed by atoms with Crippen molar-refractivity contribution in [2.24, 2.45) is 10.7 Å². The van der Waals surface area contributed by atoms with Gasteiger partial charge in [0.25, 0.3) is 12.0 Å². The van der Waals surface area contributed by atoms with Gasteiger partial charge in [0.05, 0.1) is 11.1 Å². The van der Waals surface area contributed by atoms with Gasteiger partial charge in [0.2, 0.25) is 0 Å². The van der Waals surface area contributed by atoms with E-state index in [0.717, 1.165) is 22.8 Å². The fourth-order valence-electron chi connectivity index (χ4n) is 4.97. The molecular weight excluding hydrogens is 489 g/mol. The second-order valence-corrected chi connectivity index (χ2v) is 8.86. The number of aromatic nitrogens is 2. The van der Waals surface area contributed by atoms with Crippen LogP contribution in [0.2, 0.25) is 0 Å². The lowest BCUT2D eigenvalue weighted by Gasteiger charge is -2.30. The van der Waals surface area contributed by atoms with E-state index in [0.29, 0.717) is 11.1 Å². The van der Waals surface area contributed by atoms with Crippen LogP contribution in [0.1, 0.15) is 53.7 Å². The molecule has 0 saturated carbocycles. The van der Waals surface area contributed by atoms with Gasteiger partial charge >= 0.3 is 0 Å². The summed E-state index contributed by atoms with van der Waals surface area (Å²) in [4.78, 5) is 21.7. The van der Waals surface area contributed by atoms with E-state index in [1.165, 1.54) is 22.9 Å². The van der Waals surface area contributed by atoms with Gasteiger partial charge in [0.15, 0.2) is 0 Å². The minimum atomic E-state index is -3.01. The minimum Gasteiger partial charge on any atom is -0.383 e. The SMILES string of the molecule is CC#Cc1cncc(-c2cccc(C3(c4cc(C(F)F)c(=O)n(CC)c4)N=C(N)c4c(F)cccc43)c2)c1. The molecule has 1 aliphatic heterocycles. The van der Waals surface area contributed by atoms with Crippen LogP contribution in [0.25, 0.3) is 11.1 Å². The summed E-state index contributed by atoms with van der Waals surface area (Å²) in [5.41, 5.74) is 6.98. The number of nitrogens with two attached hydrogens (primary N) is 1. The van der Waals surface area contributed by atoms with Crippen LogP contribution < -0.4 is 11.3 Å². The predicted molar refractivity (Wildman–Crippen MR) is 141 cm³/mol. The van der Waals surface area contributed by atoms with Gasteiger partial charge in [-0.25, -0.2) is 18.2 Å². The number of nitrogens with zero attached hydrogens (tertiary/aromatic N) is 3. The zero-order valence-electron chi connectivity index (χ0n) is 20.7. The fraction of sp³-hybridized carbons (Fsp3) is 0.167. The van der Waals surface area contributed by atoms with E-state index in [1.54, 1.807) is 44.4 Å². The van der Waals surface area contributed by atoms with Crippen LogP contribution in [-0.4, -0.2) is 15.4 Å². The summed E-state index contributed by atoms with van der Waals surface area (Å²) in [7, 11) is 0. The van der Waals surface area contributed by atoms with Crippen LogP contribution in [0.3, 0.4) is 0 Å². The number of amidine groups is 1. The van der Waals surface area contributed by atoms with E-state index >= 15 is 4.39 Å². The molecule has 38 heavy (non-hydrogen) atoms. The van der Waals surface area contributed by atoms with Crippen molar-refractivity contribution in [3.63, 3.8) is 0 Å². The zero-order chi connectivity index (χ0) is 27.0. The standard InChI is InChI=1S/C30H23F3N4O/c1-3-7-18-12-20(16-35-15-18)19-8-5-9-21(13-19)30(24-10-6-11-25(31)26(24)28(34)36-30)22-14-23(27(32)33)29(38)37(4-2)17-22/h5-6,8-17,27H,4H2,1-2H3,(H2,34,36). The van der Waals surface area contributed by atoms with E-state index in [4.69, 9.17) is 10.7 Å². The van der Waals surface area contributed by atoms with Gasteiger partial charge in [-0.1, -0.05) is 36.3 Å². The molecule has 0 fully saturated rings. The smallest absolute Gasteiger partial charge is 0.269 e. The van der Waals surface area contributed by atoms with Crippen molar-refractivity contribution in [2.75, 3.05) is 0 Å². The molecule has 2 aromatic carbocycles. The molecule has 3 heterocycles. The molecule has 2 N–H and O–H groups in total. The van der Waals surface area contributed by atoms with Crippen LogP contribution in [0.4, 0.5) is 13.2 Å². The highest BCUT2D eigenvalue weighted by molar-refractivity contribution is 6.03. The molecule has 1 aliphatic rings. The van der Waals surface area contributed by atoms with E-state index in [2.05, 4.69) is 16.8 Å². The first-order valence-electron chi connectivity index (χ1n) is 12.0. The summed E-state index contributed by atoms with van der Waals surface area (Å²) in [6, 6.07) is 14.8. The quantitative estimate of drug-likeness (QED) is 0.365. The second-order valence-electron chi connectivity index (χ2n) is 8.86. The van der Waals surface area contributed by atoms with Crippen molar-refractivity contribution in [1.29, 1.82) is 0 Å². The number of rotatable bonds is 5. The highest BCUT2D eigenvalue weighted by atomic mass is 19.3. The minimum absolute atomic E-state index is 0.0572. The highest BCUT2D eigenvalue weighted by Gasteiger charge is 2.45. The Balaban J connectivity index is 1.84. The molecule has 0 bridgehead atoms. The third-order valence-electron chi connectivity index (χ3n) is 6.68. The van der Waals surface area contributed by atoms with Crippen LogP contribution in [0.5, 0.6) is 0 Å². The first kappa shape index (κ1) is 25.0. The van der Waals surface area contributed by atoms with Gasteiger partial charge in [-0.2, -0.15) is 0 Å². The first-order valence-corrected chi connectivity index (χ1v) is 12.0. The summed E-state index contributed by atoms with van der Waals surface area (Å²) in [5.74, 6) is 5.20. The Kier molecular flexibility index (Phi) is 6.37. The maximum absolute atomic E-state index is 15.0. The Morgan fingerprint density at radius 2 is 1.84 bits per heavy atom.